The summed E-state index contributed by atoms with van der Waals surface area (Å²) in [6.07, 6.45) is 1.66. The Morgan fingerprint density at radius 1 is 1.23 bits per heavy atom. The molecule has 22 heavy (non-hydrogen) atoms. The highest BCUT2D eigenvalue weighted by atomic mass is 32.2. The Labute approximate surface area is 132 Å². The molecule has 0 spiro atoms. The summed E-state index contributed by atoms with van der Waals surface area (Å²) in [7, 11) is -1.99. The average Bonchev–Trinajstić information content (AvgIpc) is 2.46. The minimum atomic E-state index is -3.82. The van der Waals surface area contributed by atoms with E-state index in [2.05, 4.69) is 10.0 Å². The molecule has 0 aliphatic heterocycles. The zero-order chi connectivity index (χ0) is 16.8. The number of rotatable bonds is 9. The van der Waals surface area contributed by atoms with Gasteiger partial charge in [0.1, 0.15) is 6.04 Å². The van der Waals surface area contributed by atoms with Crippen molar-refractivity contribution in [2.24, 2.45) is 0 Å². The summed E-state index contributed by atoms with van der Waals surface area (Å²) in [6, 6.07) is 5.45. The van der Waals surface area contributed by atoms with Crippen molar-refractivity contribution < 1.29 is 18.3 Å². The van der Waals surface area contributed by atoms with Crippen molar-refractivity contribution in [3.05, 3.63) is 29.8 Å². The summed E-state index contributed by atoms with van der Waals surface area (Å²) in [4.78, 5) is 11.3. The highest BCUT2D eigenvalue weighted by Gasteiger charge is 2.25. The molecule has 0 heterocycles. The Morgan fingerprint density at radius 2 is 1.82 bits per heavy atom. The van der Waals surface area contributed by atoms with Gasteiger partial charge < -0.3 is 10.4 Å². The third kappa shape index (κ3) is 5.75. The van der Waals surface area contributed by atoms with Gasteiger partial charge in [-0.25, -0.2) is 8.42 Å². The summed E-state index contributed by atoms with van der Waals surface area (Å²) < 4.78 is 26.7. The van der Waals surface area contributed by atoms with Crippen molar-refractivity contribution in [2.45, 2.75) is 50.1 Å². The summed E-state index contributed by atoms with van der Waals surface area (Å²) in [6.45, 7) is 3.85. The lowest BCUT2D eigenvalue weighted by atomic mass is 10.1. The van der Waals surface area contributed by atoms with E-state index in [1.54, 1.807) is 12.1 Å². The van der Waals surface area contributed by atoms with E-state index in [4.69, 9.17) is 0 Å². The van der Waals surface area contributed by atoms with Crippen LogP contribution in [0.25, 0.3) is 0 Å². The van der Waals surface area contributed by atoms with E-state index in [9.17, 15) is 18.3 Å². The van der Waals surface area contributed by atoms with Crippen molar-refractivity contribution in [3.8, 4) is 0 Å². The number of aryl methyl sites for hydroxylation is 1. The molecule has 6 nitrogen and oxygen atoms in total. The van der Waals surface area contributed by atoms with E-state index in [0.29, 0.717) is 6.42 Å². The number of hydrogen-bond acceptors (Lipinski definition) is 4. The second-order valence-electron chi connectivity index (χ2n) is 5.45. The molecular weight excluding hydrogens is 304 g/mol. The van der Waals surface area contributed by atoms with Crippen molar-refractivity contribution in [3.63, 3.8) is 0 Å². The molecule has 1 unspecified atom stereocenters. The molecule has 0 amide bonds. The van der Waals surface area contributed by atoms with Gasteiger partial charge in [-0.1, -0.05) is 17.7 Å². The molecule has 0 fully saturated rings. The zero-order valence-corrected chi connectivity index (χ0v) is 14.0. The molecule has 1 rings (SSSR count). The maximum atomic E-state index is 12.2. The SMILES string of the molecule is CNC(C)CCC[C@H](NS(=O)(=O)c1ccc(C)cc1)C(=O)O. The molecule has 0 saturated carbocycles. The van der Waals surface area contributed by atoms with E-state index in [-0.39, 0.29) is 17.4 Å². The van der Waals surface area contributed by atoms with Gasteiger partial charge in [0.25, 0.3) is 0 Å². The third-order valence-corrected chi connectivity index (χ3v) is 5.04. The molecule has 0 saturated heterocycles. The first kappa shape index (κ1) is 18.6. The quantitative estimate of drug-likeness (QED) is 0.638. The summed E-state index contributed by atoms with van der Waals surface area (Å²) >= 11 is 0. The fourth-order valence-electron chi connectivity index (χ4n) is 1.98. The Kier molecular flexibility index (Phi) is 6.99. The fraction of sp³-hybridized carbons (Fsp3) is 0.533. The van der Waals surface area contributed by atoms with Crippen LogP contribution in [0.15, 0.2) is 29.2 Å². The molecule has 0 aliphatic carbocycles. The van der Waals surface area contributed by atoms with Crippen LogP contribution in [0.1, 0.15) is 31.7 Å². The van der Waals surface area contributed by atoms with Crippen LogP contribution in [0.5, 0.6) is 0 Å². The van der Waals surface area contributed by atoms with Gasteiger partial charge in [-0.05, 0) is 52.3 Å². The molecular formula is C15H24N2O4S. The van der Waals surface area contributed by atoms with Crippen LogP contribution in [0.4, 0.5) is 0 Å². The number of carboxylic acids is 1. The van der Waals surface area contributed by atoms with E-state index in [0.717, 1.165) is 12.0 Å². The minimum absolute atomic E-state index is 0.0768. The number of carboxylic acid groups (broad SMARTS) is 1. The van der Waals surface area contributed by atoms with Gasteiger partial charge in [0.2, 0.25) is 10.0 Å². The Bertz CT molecular complexity index is 584. The molecule has 124 valence electrons. The van der Waals surface area contributed by atoms with E-state index in [1.807, 2.05) is 20.9 Å². The van der Waals surface area contributed by atoms with Gasteiger partial charge in [0.05, 0.1) is 4.90 Å². The number of sulfonamides is 1. The van der Waals surface area contributed by atoms with E-state index >= 15 is 0 Å². The number of nitrogens with one attached hydrogen (secondary N) is 2. The van der Waals surface area contributed by atoms with Crippen molar-refractivity contribution >= 4 is 16.0 Å². The fourth-order valence-corrected chi connectivity index (χ4v) is 3.20. The minimum Gasteiger partial charge on any atom is -0.480 e. The van der Waals surface area contributed by atoms with Crippen molar-refractivity contribution in [1.29, 1.82) is 0 Å². The number of carbonyl (C=O) groups is 1. The smallest absolute Gasteiger partial charge is 0.321 e. The molecule has 7 heteroatoms. The van der Waals surface area contributed by atoms with E-state index < -0.39 is 22.0 Å². The van der Waals surface area contributed by atoms with Crippen LogP contribution in [-0.2, 0) is 14.8 Å². The lowest BCUT2D eigenvalue weighted by Gasteiger charge is -2.16. The van der Waals surface area contributed by atoms with Gasteiger partial charge in [0.15, 0.2) is 0 Å². The molecule has 1 aromatic rings. The van der Waals surface area contributed by atoms with Crippen molar-refractivity contribution in [2.75, 3.05) is 7.05 Å². The second-order valence-corrected chi connectivity index (χ2v) is 7.16. The zero-order valence-electron chi connectivity index (χ0n) is 13.2. The Hall–Kier alpha value is -1.44. The molecule has 2 atom stereocenters. The predicted molar refractivity (Wildman–Crippen MR) is 85.3 cm³/mol. The standard InChI is InChI=1S/C15H24N2O4S/c1-11-7-9-13(10-8-11)22(20,21)17-14(15(18)19)6-4-5-12(2)16-3/h7-10,12,14,16-17H,4-6H2,1-3H3,(H,18,19)/t12?,14-/m0/s1. The van der Waals surface area contributed by atoms with Crippen LogP contribution in [0.2, 0.25) is 0 Å². The topological polar surface area (TPSA) is 95.5 Å². The highest BCUT2D eigenvalue weighted by molar-refractivity contribution is 7.89. The van der Waals surface area contributed by atoms with Crippen LogP contribution >= 0.6 is 0 Å². The van der Waals surface area contributed by atoms with Gasteiger partial charge in [-0.15, -0.1) is 0 Å². The lowest BCUT2D eigenvalue weighted by molar-refractivity contribution is -0.139. The number of aliphatic carboxylic acids is 1. The summed E-state index contributed by atoms with van der Waals surface area (Å²) in [5.41, 5.74) is 0.940. The average molecular weight is 328 g/mol. The number of hydrogen-bond donors (Lipinski definition) is 3. The van der Waals surface area contributed by atoms with Crippen LogP contribution in [0, 0.1) is 6.92 Å². The molecule has 0 radical (unpaired) electrons. The lowest BCUT2D eigenvalue weighted by Crippen LogP contribution is -2.40. The van der Waals surface area contributed by atoms with Gasteiger partial charge in [-0.3, -0.25) is 4.79 Å². The maximum Gasteiger partial charge on any atom is 0.321 e. The monoisotopic (exact) mass is 328 g/mol. The molecule has 0 bridgehead atoms. The van der Waals surface area contributed by atoms with Crippen LogP contribution in [0.3, 0.4) is 0 Å². The van der Waals surface area contributed by atoms with Gasteiger partial charge in [0, 0.05) is 6.04 Å². The third-order valence-electron chi connectivity index (χ3n) is 3.55. The maximum absolute atomic E-state index is 12.2. The molecule has 3 N–H and O–H groups in total. The predicted octanol–water partition coefficient (Wildman–Crippen LogP) is 1.50. The highest BCUT2D eigenvalue weighted by Crippen LogP contribution is 2.13. The molecule has 0 aromatic heterocycles. The first-order valence-electron chi connectivity index (χ1n) is 7.25. The largest absolute Gasteiger partial charge is 0.480 e. The van der Waals surface area contributed by atoms with Gasteiger partial charge >= 0.3 is 5.97 Å². The summed E-state index contributed by atoms with van der Waals surface area (Å²) in [5, 5.41) is 12.3. The second kappa shape index (κ2) is 8.26. The van der Waals surface area contributed by atoms with Gasteiger partial charge in [-0.2, -0.15) is 4.72 Å². The Morgan fingerprint density at radius 3 is 2.32 bits per heavy atom. The Balaban J connectivity index is 2.73. The van der Waals surface area contributed by atoms with Crippen molar-refractivity contribution in [1.82, 2.24) is 10.0 Å². The number of benzene rings is 1. The van der Waals surface area contributed by atoms with Crippen LogP contribution < -0.4 is 10.0 Å². The van der Waals surface area contributed by atoms with E-state index in [1.165, 1.54) is 12.1 Å². The molecule has 1 aromatic carbocycles. The molecule has 0 aliphatic rings. The first-order valence-corrected chi connectivity index (χ1v) is 8.73. The normalized spacial score (nSPS) is 14.5. The van der Waals surface area contributed by atoms with Crippen LogP contribution in [-0.4, -0.2) is 38.6 Å². The first-order chi connectivity index (χ1) is 10.3. The summed E-state index contributed by atoms with van der Waals surface area (Å²) in [5.74, 6) is -1.16.